The number of amides is 1. The average Bonchev–Trinajstić information content (AvgIpc) is 3.01. The highest BCUT2D eigenvalue weighted by atomic mass is 16.6. The molecule has 0 aliphatic carbocycles. The van der Waals surface area contributed by atoms with Crippen LogP contribution < -0.4 is 0 Å². The summed E-state index contributed by atoms with van der Waals surface area (Å²) >= 11 is 0. The summed E-state index contributed by atoms with van der Waals surface area (Å²) in [5.41, 5.74) is 2.74. The molecule has 2 aromatic carbocycles. The van der Waals surface area contributed by atoms with Crippen molar-refractivity contribution >= 4 is 18.0 Å². The molecule has 2 unspecified atom stereocenters. The van der Waals surface area contributed by atoms with E-state index >= 15 is 0 Å². The molecule has 0 N–H and O–H groups in total. The van der Waals surface area contributed by atoms with Gasteiger partial charge in [0.2, 0.25) is 0 Å². The first-order valence-electron chi connectivity index (χ1n) is 9.91. The number of ketones is 1. The van der Waals surface area contributed by atoms with E-state index in [-0.39, 0.29) is 36.5 Å². The second kappa shape index (κ2) is 8.01. The first kappa shape index (κ1) is 18.5. The fourth-order valence-electron chi connectivity index (χ4n) is 4.50. The van der Waals surface area contributed by atoms with Gasteiger partial charge in [0, 0.05) is 23.6 Å². The maximum Gasteiger partial charge on any atom is 0.410 e. The molecule has 144 valence electrons. The molecule has 2 aliphatic rings. The SMILES string of the molecule is C=Cc1ccc(C(=O)C2CC3CCC(C2)N3C(=O)OCc2ccccc2)cc1. The van der Waals surface area contributed by atoms with Crippen LogP contribution in [-0.2, 0) is 11.3 Å². The van der Waals surface area contributed by atoms with Crippen molar-refractivity contribution in [3.63, 3.8) is 0 Å². The molecule has 0 radical (unpaired) electrons. The molecule has 2 bridgehead atoms. The predicted molar refractivity (Wildman–Crippen MR) is 109 cm³/mol. The van der Waals surface area contributed by atoms with Gasteiger partial charge in [0.25, 0.3) is 0 Å². The lowest BCUT2D eigenvalue weighted by Gasteiger charge is -2.37. The fourth-order valence-corrected chi connectivity index (χ4v) is 4.50. The van der Waals surface area contributed by atoms with Crippen LogP contribution in [-0.4, -0.2) is 28.9 Å². The molecule has 0 aromatic heterocycles. The number of hydrogen-bond acceptors (Lipinski definition) is 3. The Morgan fingerprint density at radius 2 is 1.64 bits per heavy atom. The number of piperidine rings is 1. The molecule has 2 aromatic rings. The average molecular weight is 375 g/mol. The quantitative estimate of drug-likeness (QED) is 0.684. The van der Waals surface area contributed by atoms with Crippen molar-refractivity contribution in [2.24, 2.45) is 5.92 Å². The number of ether oxygens (including phenoxy) is 1. The number of nitrogens with zero attached hydrogens (tertiary/aromatic N) is 1. The number of hydrogen-bond donors (Lipinski definition) is 0. The van der Waals surface area contributed by atoms with Crippen molar-refractivity contribution in [2.45, 2.75) is 44.4 Å². The Kier molecular flexibility index (Phi) is 5.29. The molecule has 4 nitrogen and oxygen atoms in total. The van der Waals surface area contributed by atoms with Gasteiger partial charge in [-0.2, -0.15) is 0 Å². The van der Waals surface area contributed by atoms with Crippen LogP contribution in [0, 0.1) is 5.92 Å². The van der Waals surface area contributed by atoms with Crippen molar-refractivity contribution in [3.8, 4) is 0 Å². The van der Waals surface area contributed by atoms with Crippen molar-refractivity contribution in [1.82, 2.24) is 4.90 Å². The molecular weight excluding hydrogens is 350 g/mol. The molecule has 0 spiro atoms. The van der Waals surface area contributed by atoms with Crippen LogP contribution in [0.25, 0.3) is 6.08 Å². The van der Waals surface area contributed by atoms with Crippen LogP contribution in [0.4, 0.5) is 4.79 Å². The molecule has 2 aliphatic heterocycles. The third kappa shape index (κ3) is 3.72. The lowest BCUT2D eigenvalue weighted by Crippen LogP contribution is -2.48. The van der Waals surface area contributed by atoms with Crippen LogP contribution in [0.1, 0.15) is 47.2 Å². The van der Waals surface area contributed by atoms with E-state index in [1.54, 1.807) is 6.08 Å². The van der Waals surface area contributed by atoms with Crippen LogP contribution >= 0.6 is 0 Å². The third-order valence-electron chi connectivity index (χ3n) is 5.95. The Balaban J connectivity index is 1.39. The molecule has 2 atom stereocenters. The molecule has 2 heterocycles. The topological polar surface area (TPSA) is 46.6 Å². The summed E-state index contributed by atoms with van der Waals surface area (Å²) < 4.78 is 5.55. The largest absolute Gasteiger partial charge is 0.445 e. The summed E-state index contributed by atoms with van der Waals surface area (Å²) in [7, 11) is 0. The second-order valence-electron chi connectivity index (χ2n) is 7.69. The van der Waals surface area contributed by atoms with Gasteiger partial charge in [-0.3, -0.25) is 4.79 Å². The van der Waals surface area contributed by atoms with Crippen molar-refractivity contribution < 1.29 is 14.3 Å². The van der Waals surface area contributed by atoms with E-state index in [4.69, 9.17) is 4.74 Å². The number of Topliss-reactive ketones (excluding diaryl/α,β-unsaturated/α-hetero) is 1. The van der Waals surface area contributed by atoms with Gasteiger partial charge in [-0.1, -0.05) is 67.3 Å². The third-order valence-corrected chi connectivity index (χ3v) is 5.95. The zero-order chi connectivity index (χ0) is 19.5. The summed E-state index contributed by atoms with van der Waals surface area (Å²) in [6.45, 7) is 4.03. The molecule has 4 heteroatoms. The molecule has 2 fully saturated rings. The first-order valence-corrected chi connectivity index (χ1v) is 9.91. The van der Waals surface area contributed by atoms with Crippen LogP contribution in [0.5, 0.6) is 0 Å². The zero-order valence-electron chi connectivity index (χ0n) is 15.9. The van der Waals surface area contributed by atoms with Gasteiger partial charge >= 0.3 is 6.09 Å². The minimum Gasteiger partial charge on any atom is -0.445 e. The van der Waals surface area contributed by atoms with E-state index in [0.717, 1.165) is 42.4 Å². The maximum atomic E-state index is 12.9. The predicted octanol–water partition coefficient (Wildman–Crippen LogP) is 5.09. The van der Waals surface area contributed by atoms with Gasteiger partial charge in [0.15, 0.2) is 5.78 Å². The zero-order valence-corrected chi connectivity index (χ0v) is 15.9. The summed E-state index contributed by atoms with van der Waals surface area (Å²) in [5, 5.41) is 0. The molecule has 4 rings (SSSR count). The van der Waals surface area contributed by atoms with Gasteiger partial charge in [-0.25, -0.2) is 4.79 Å². The van der Waals surface area contributed by atoms with E-state index in [9.17, 15) is 9.59 Å². The van der Waals surface area contributed by atoms with E-state index in [1.807, 2.05) is 59.5 Å². The van der Waals surface area contributed by atoms with E-state index in [2.05, 4.69) is 6.58 Å². The lowest BCUT2D eigenvalue weighted by atomic mass is 9.85. The molecular formula is C24H25NO3. The van der Waals surface area contributed by atoms with E-state index in [0.29, 0.717) is 0 Å². The summed E-state index contributed by atoms with van der Waals surface area (Å²) in [4.78, 5) is 27.5. The van der Waals surface area contributed by atoms with E-state index < -0.39 is 0 Å². The Morgan fingerprint density at radius 1 is 1.00 bits per heavy atom. The lowest BCUT2D eigenvalue weighted by molar-refractivity contribution is 0.0485. The van der Waals surface area contributed by atoms with Gasteiger partial charge in [0.05, 0.1) is 0 Å². The van der Waals surface area contributed by atoms with Gasteiger partial charge in [-0.15, -0.1) is 0 Å². The summed E-state index contributed by atoms with van der Waals surface area (Å²) in [6, 6.07) is 17.5. The van der Waals surface area contributed by atoms with Crippen molar-refractivity contribution in [1.29, 1.82) is 0 Å². The molecule has 0 saturated carbocycles. The van der Waals surface area contributed by atoms with Gasteiger partial charge < -0.3 is 9.64 Å². The number of fused-ring (bicyclic) bond motifs is 2. The highest BCUT2D eigenvalue weighted by molar-refractivity contribution is 5.98. The number of rotatable bonds is 5. The number of carbonyl (C=O) groups excluding carboxylic acids is 2. The van der Waals surface area contributed by atoms with Crippen molar-refractivity contribution in [3.05, 3.63) is 77.9 Å². The Morgan fingerprint density at radius 3 is 2.25 bits per heavy atom. The second-order valence-corrected chi connectivity index (χ2v) is 7.69. The summed E-state index contributed by atoms with van der Waals surface area (Å²) in [5.74, 6) is 0.162. The smallest absolute Gasteiger partial charge is 0.410 e. The highest BCUT2D eigenvalue weighted by Gasteiger charge is 2.45. The van der Waals surface area contributed by atoms with Crippen LogP contribution in [0.3, 0.4) is 0 Å². The van der Waals surface area contributed by atoms with Gasteiger partial charge in [0.1, 0.15) is 6.61 Å². The maximum absolute atomic E-state index is 12.9. The van der Waals surface area contributed by atoms with Crippen LogP contribution in [0.2, 0.25) is 0 Å². The van der Waals surface area contributed by atoms with E-state index in [1.165, 1.54) is 0 Å². The minimum absolute atomic E-state index is 0.0229. The molecule has 1 amide bonds. The van der Waals surface area contributed by atoms with Crippen molar-refractivity contribution in [2.75, 3.05) is 0 Å². The number of carbonyl (C=O) groups is 2. The normalized spacial score (nSPS) is 23.3. The fraction of sp³-hybridized carbons (Fsp3) is 0.333. The Labute approximate surface area is 165 Å². The standard InChI is InChI=1S/C24H25NO3/c1-2-17-8-10-19(11-9-17)23(26)20-14-21-12-13-22(15-20)25(21)24(27)28-16-18-6-4-3-5-7-18/h2-11,20-22H,1,12-16H2. The number of benzene rings is 2. The summed E-state index contributed by atoms with van der Waals surface area (Å²) in [6.07, 6.45) is 4.86. The first-order chi connectivity index (χ1) is 13.7. The van der Waals surface area contributed by atoms with Gasteiger partial charge in [-0.05, 0) is 36.8 Å². The minimum atomic E-state index is -0.252. The Bertz CT molecular complexity index is 845. The van der Waals surface area contributed by atoms with Crippen LogP contribution in [0.15, 0.2) is 61.2 Å². The highest BCUT2D eigenvalue weighted by Crippen LogP contribution is 2.40. The Hall–Kier alpha value is -2.88. The molecule has 28 heavy (non-hydrogen) atoms. The monoisotopic (exact) mass is 375 g/mol. The molecule has 2 saturated heterocycles.